The van der Waals surface area contributed by atoms with Gasteiger partial charge in [-0.1, -0.05) is 11.8 Å². The van der Waals surface area contributed by atoms with Crippen molar-refractivity contribution in [1.82, 2.24) is 20.6 Å². The van der Waals surface area contributed by atoms with Crippen molar-refractivity contribution >= 4 is 17.7 Å². The van der Waals surface area contributed by atoms with Crippen LogP contribution in [0.4, 0.5) is 0 Å². The monoisotopic (exact) mass is 187 g/mol. The van der Waals surface area contributed by atoms with Gasteiger partial charge >= 0.3 is 0 Å². The van der Waals surface area contributed by atoms with Gasteiger partial charge in [0.25, 0.3) is 0 Å². The number of hydrogen-bond donors (Lipinski definition) is 3. The standard InChI is InChI=1S/C5H9N5OS/c1-3-7-5(10-9-3)12-2-4(11)8-6/h2,6H2,1H3,(H,8,11)(H,7,9,10). The summed E-state index contributed by atoms with van der Waals surface area (Å²) < 4.78 is 0. The molecule has 0 aliphatic carbocycles. The van der Waals surface area contributed by atoms with E-state index in [0.717, 1.165) is 5.82 Å². The van der Waals surface area contributed by atoms with E-state index < -0.39 is 0 Å². The van der Waals surface area contributed by atoms with Crippen LogP contribution in [0.15, 0.2) is 5.16 Å². The highest BCUT2D eigenvalue weighted by Crippen LogP contribution is 2.10. The number of hydrogen-bond acceptors (Lipinski definition) is 5. The summed E-state index contributed by atoms with van der Waals surface area (Å²) in [5.74, 6) is 5.59. The molecule has 1 heterocycles. The fourth-order valence-electron chi connectivity index (χ4n) is 0.559. The molecule has 1 amide bonds. The van der Waals surface area contributed by atoms with E-state index in [2.05, 4.69) is 15.2 Å². The lowest BCUT2D eigenvalue weighted by atomic mass is 10.7. The Balaban J connectivity index is 2.38. The van der Waals surface area contributed by atoms with Crippen LogP contribution in [0.2, 0.25) is 0 Å². The van der Waals surface area contributed by atoms with Gasteiger partial charge in [0.2, 0.25) is 11.1 Å². The number of aromatic nitrogens is 3. The Morgan fingerprint density at radius 1 is 1.83 bits per heavy atom. The van der Waals surface area contributed by atoms with Gasteiger partial charge in [-0.25, -0.2) is 10.8 Å². The lowest BCUT2D eigenvalue weighted by Gasteiger charge is -1.94. The van der Waals surface area contributed by atoms with Crippen LogP contribution >= 0.6 is 11.8 Å². The predicted molar refractivity (Wildman–Crippen MR) is 44.2 cm³/mol. The van der Waals surface area contributed by atoms with E-state index in [1.165, 1.54) is 11.8 Å². The number of aryl methyl sites for hydroxylation is 1. The minimum atomic E-state index is -0.248. The number of thioether (sulfide) groups is 1. The van der Waals surface area contributed by atoms with Gasteiger partial charge in [0.15, 0.2) is 0 Å². The number of rotatable bonds is 3. The van der Waals surface area contributed by atoms with Crippen molar-refractivity contribution in [3.8, 4) is 0 Å². The zero-order valence-electron chi connectivity index (χ0n) is 6.50. The molecule has 0 spiro atoms. The molecule has 0 atom stereocenters. The third-order valence-corrected chi connectivity index (χ3v) is 1.92. The first-order chi connectivity index (χ1) is 5.72. The third kappa shape index (κ3) is 2.51. The fourth-order valence-corrected chi connectivity index (χ4v) is 1.21. The van der Waals surface area contributed by atoms with Crippen molar-refractivity contribution in [3.63, 3.8) is 0 Å². The molecule has 4 N–H and O–H groups in total. The minimum Gasteiger partial charge on any atom is -0.294 e. The van der Waals surface area contributed by atoms with Crippen LogP contribution in [0, 0.1) is 6.92 Å². The van der Waals surface area contributed by atoms with Gasteiger partial charge in [-0.05, 0) is 6.92 Å². The maximum absolute atomic E-state index is 10.7. The van der Waals surface area contributed by atoms with E-state index in [1.807, 2.05) is 5.43 Å². The molecule has 1 aromatic rings. The highest BCUT2D eigenvalue weighted by Gasteiger charge is 2.03. The summed E-state index contributed by atoms with van der Waals surface area (Å²) >= 11 is 1.23. The van der Waals surface area contributed by atoms with Gasteiger partial charge in [0.1, 0.15) is 5.82 Å². The van der Waals surface area contributed by atoms with Gasteiger partial charge in [-0.15, -0.1) is 5.10 Å². The van der Waals surface area contributed by atoms with Crippen molar-refractivity contribution in [3.05, 3.63) is 5.82 Å². The third-order valence-electron chi connectivity index (χ3n) is 1.07. The summed E-state index contributed by atoms with van der Waals surface area (Å²) in [7, 11) is 0. The average Bonchev–Trinajstić information content (AvgIpc) is 2.47. The first-order valence-electron chi connectivity index (χ1n) is 3.23. The second-order valence-electron chi connectivity index (χ2n) is 2.06. The lowest BCUT2D eigenvalue weighted by Crippen LogP contribution is -2.31. The van der Waals surface area contributed by atoms with Gasteiger partial charge in [-0.3, -0.25) is 15.3 Å². The molecule has 7 heteroatoms. The molecular weight excluding hydrogens is 178 g/mol. The summed E-state index contributed by atoms with van der Waals surface area (Å²) in [6.45, 7) is 1.79. The second kappa shape index (κ2) is 4.07. The molecule has 1 rings (SSSR count). The number of hydrazine groups is 1. The Morgan fingerprint density at radius 3 is 3.08 bits per heavy atom. The molecule has 1 aromatic heterocycles. The fraction of sp³-hybridized carbons (Fsp3) is 0.400. The zero-order valence-corrected chi connectivity index (χ0v) is 7.31. The Morgan fingerprint density at radius 2 is 2.58 bits per heavy atom. The van der Waals surface area contributed by atoms with Crippen LogP contribution in [-0.2, 0) is 4.79 Å². The summed E-state index contributed by atoms with van der Waals surface area (Å²) in [5, 5.41) is 7.05. The molecule has 0 radical (unpaired) electrons. The molecule has 0 saturated carbocycles. The maximum atomic E-state index is 10.7. The van der Waals surface area contributed by atoms with Crippen molar-refractivity contribution in [2.24, 2.45) is 5.84 Å². The summed E-state index contributed by atoms with van der Waals surface area (Å²) in [6, 6.07) is 0. The normalized spacial score (nSPS) is 9.83. The number of nitrogens with zero attached hydrogens (tertiary/aromatic N) is 2. The van der Waals surface area contributed by atoms with Crippen LogP contribution in [0.5, 0.6) is 0 Å². The Hall–Kier alpha value is -1.08. The van der Waals surface area contributed by atoms with Crippen LogP contribution in [0.1, 0.15) is 5.82 Å². The average molecular weight is 187 g/mol. The molecule has 0 aliphatic rings. The smallest absolute Gasteiger partial charge is 0.244 e. The molecule has 0 saturated heterocycles. The van der Waals surface area contributed by atoms with Crippen molar-refractivity contribution in [1.29, 1.82) is 0 Å². The van der Waals surface area contributed by atoms with Crippen LogP contribution in [0.25, 0.3) is 0 Å². The zero-order chi connectivity index (χ0) is 8.97. The second-order valence-corrected chi connectivity index (χ2v) is 3.00. The molecule has 0 unspecified atom stereocenters. The molecule has 66 valence electrons. The largest absolute Gasteiger partial charge is 0.294 e. The molecule has 0 aromatic carbocycles. The molecule has 0 bridgehead atoms. The van der Waals surface area contributed by atoms with Gasteiger partial charge in [0, 0.05) is 0 Å². The number of carbonyl (C=O) groups is 1. The first-order valence-corrected chi connectivity index (χ1v) is 4.22. The van der Waals surface area contributed by atoms with Gasteiger partial charge in [0.05, 0.1) is 5.75 Å². The maximum Gasteiger partial charge on any atom is 0.244 e. The molecular formula is C5H9N5OS. The predicted octanol–water partition coefficient (Wildman–Crippen LogP) is -0.805. The number of nitrogens with one attached hydrogen (secondary N) is 2. The number of aromatic amines is 1. The van der Waals surface area contributed by atoms with E-state index >= 15 is 0 Å². The number of nitrogens with two attached hydrogens (primary N) is 1. The number of amides is 1. The molecule has 0 fully saturated rings. The Bertz CT molecular complexity index is 273. The summed E-state index contributed by atoms with van der Waals surface area (Å²) in [5.41, 5.74) is 2.02. The van der Waals surface area contributed by atoms with Crippen LogP contribution in [-0.4, -0.2) is 26.8 Å². The molecule has 6 nitrogen and oxygen atoms in total. The Kier molecular flexibility index (Phi) is 3.06. The topological polar surface area (TPSA) is 96.7 Å². The number of carbonyl (C=O) groups excluding carboxylic acids is 1. The minimum absolute atomic E-state index is 0.230. The van der Waals surface area contributed by atoms with Crippen LogP contribution in [0.3, 0.4) is 0 Å². The van der Waals surface area contributed by atoms with Crippen LogP contribution < -0.4 is 11.3 Å². The number of H-pyrrole nitrogens is 1. The van der Waals surface area contributed by atoms with Crippen molar-refractivity contribution in [2.75, 3.05) is 5.75 Å². The van der Waals surface area contributed by atoms with Crippen molar-refractivity contribution < 1.29 is 4.79 Å². The Labute approximate surface area is 73.3 Å². The van der Waals surface area contributed by atoms with E-state index in [9.17, 15) is 4.79 Å². The molecule has 0 aliphatic heterocycles. The van der Waals surface area contributed by atoms with Crippen molar-refractivity contribution in [2.45, 2.75) is 12.1 Å². The first kappa shape index (κ1) is 9.01. The highest BCUT2D eigenvalue weighted by atomic mass is 32.2. The highest BCUT2D eigenvalue weighted by molar-refractivity contribution is 7.99. The van der Waals surface area contributed by atoms with E-state index in [4.69, 9.17) is 5.84 Å². The summed E-state index contributed by atoms with van der Waals surface area (Å²) in [6.07, 6.45) is 0. The van der Waals surface area contributed by atoms with Gasteiger partial charge < -0.3 is 0 Å². The van der Waals surface area contributed by atoms with Gasteiger partial charge in [-0.2, -0.15) is 0 Å². The quantitative estimate of drug-likeness (QED) is 0.249. The SMILES string of the molecule is Cc1nc(SCC(=O)NN)n[nH]1. The molecule has 12 heavy (non-hydrogen) atoms. The summed E-state index contributed by atoms with van der Waals surface area (Å²) in [4.78, 5) is 14.7. The van der Waals surface area contributed by atoms with E-state index in [1.54, 1.807) is 6.92 Å². The lowest BCUT2D eigenvalue weighted by molar-refractivity contribution is -0.118. The van der Waals surface area contributed by atoms with E-state index in [-0.39, 0.29) is 11.7 Å². The van der Waals surface area contributed by atoms with E-state index in [0.29, 0.717) is 5.16 Å².